The topological polar surface area (TPSA) is 82.8 Å². The highest BCUT2D eigenvalue weighted by Crippen LogP contribution is 2.25. The van der Waals surface area contributed by atoms with Crippen molar-refractivity contribution in [2.24, 2.45) is 0 Å². The number of rotatable bonds is 5. The molecule has 6 heteroatoms. The van der Waals surface area contributed by atoms with Gasteiger partial charge in [0.2, 0.25) is 5.54 Å². The standard InChI is InChI=1S/C13H16N2O4/c1-4-19-12(16)13(2,9-14)15(17)10-5-7-11(18-3)8-6-10/h5-8,17H,4H2,1-3H3/t13-/m0/s1. The van der Waals surface area contributed by atoms with Gasteiger partial charge < -0.3 is 9.47 Å². The third-order valence-corrected chi connectivity index (χ3v) is 2.63. The molecule has 1 rings (SSSR count). The molecule has 0 unspecified atom stereocenters. The van der Waals surface area contributed by atoms with Crippen molar-refractivity contribution in [3.8, 4) is 11.8 Å². The second kappa shape index (κ2) is 6.07. The SMILES string of the molecule is CCOC(=O)[C@](C)(C#N)N(O)c1ccc(OC)cc1. The lowest BCUT2D eigenvalue weighted by Gasteiger charge is -2.29. The van der Waals surface area contributed by atoms with Crippen LogP contribution < -0.4 is 9.80 Å². The molecule has 0 aliphatic rings. The summed E-state index contributed by atoms with van der Waals surface area (Å²) in [5.41, 5.74) is -1.51. The summed E-state index contributed by atoms with van der Waals surface area (Å²) >= 11 is 0. The first kappa shape index (κ1) is 14.8. The monoisotopic (exact) mass is 264 g/mol. The van der Waals surface area contributed by atoms with Crippen molar-refractivity contribution >= 4 is 11.7 Å². The molecule has 0 saturated carbocycles. The summed E-state index contributed by atoms with van der Waals surface area (Å²) in [4.78, 5) is 11.8. The molecule has 0 aliphatic carbocycles. The molecule has 102 valence electrons. The number of anilines is 1. The summed E-state index contributed by atoms with van der Waals surface area (Å²) in [6.07, 6.45) is 0. The molecule has 6 nitrogen and oxygen atoms in total. The van der Waals surface area contributed by atoms with E-state index in [1.807, 2.05) is 0 Å². The van der Waals surface area contributed by atoms with Gasteiger partial charge in [0.25, 0.3) is 0 Å². The van der Waals surface area contributed by atoms with Crippen LogP contribution in [0.25, 0.3) is 0 Å². The molecule has 0 heterocycles. The number of hydrogen-bond acceptors (Lipinski definition) is 6. The second-order valence-corrected chi connectivity index (χ2v) is 3.91. The van der Waals surface area contributed by atoms with Crippen LogP contribution in [0.4, 0.5) is 5.69 Å². The van der Waals surface area contributed by atoms with E-state index in [0.29, 0.717) is 10.8 Å². The van der Waals surface area contributed by atoms with Gasteiger partial charge in [0, 0.05) is 0 Å². The van der Waals surface area contributed by atoms with Crippen molar-refractivity contribution in [1.82, 2.24) is 0 Å². The normalized spacial score (nSPS) is 13.0. The van der Waals surface area contributed by atoms with Crippen LogP contribution in [0.2, 0.25) is 0 Å². The number of carbonyl (C=O) groups is 1. The van der Waals surface area contributed by atoms with Gasteiger partial charge in [-0.05, 0) is 38.1 Å². The van der Waals surface area contributed by atoms with Crippen molar-refractivity contribution in [2.75, 3.05) is 18.8 Å². The van der Waals surface area contributed by atoms with Crippen molar-refractivity contribution in [3.05, 3.63) is 24.3 Å². The quantitative estimate of drug-likeness (QED) is 0.644. The first-order valence-electron chi connectivity index (χ1n) is 5.71. The number of methoxy groups -OCH3 is 1. The molecular formula is C13H16N2O4. The predicted molar refractivity (Wildman–Crippen MR) is 67.9 cm³/mol. The van der Waals surface area contributed by atoms with Crippen LogP contribution >= 0.6 is 0 Å². The van der Waals surface area contributed by atoms with E-state index in [1.165, 1.54) is 26.2 Å². The molecule has 0 saturated heterocycles. The number of nitrogens with zero attached hydrogens (tertiary/aromatic N) is 2. The molecule has 0 aliphatic heterocycles. The smallest absolute Gasteiger partial charge is 0.349 e. The van der Waals surface area contributed by atoms with E-state index in [2.05, 4.69) is 0 Å². The molecule has 1 aromatic rings. The maximum atomic E-state index is 11.8. The van der Waals surface area contributed by atoms with Crippen molar-refractivity contribution < 1.29 is 19.5 Å². The number of nitriles is 1. The largest absolute Gasteiger partial charge is 0.497 e. The fraction of sp³-hybridized carbons (Fsp3) is 0.385. The highest BCUT2D eigenvalue weighted by atomic mass is 16.6. The van der Waals surface area contributed by atoms with Gasteiger partial charge in [-0.1, -0.05) is 0 Å². The minimum atomic E-state index is -1.80. The molecule has 0 bridgehead atoms. The molecule has 1 N–H and O–H groups in total. The summed E-state index contributed by atoms with van der Waals surface area (Å²) < 4.78 is 9.79. The van der Waals surface area contributed by atoms with E-state index >= 15 is 0 Å². The zero-order chi connectivity index (χ0) is 14.5. The van der Waals surface area contributed by atoms with E-state index < -0.39 is 11.5 Å². The fourth-order valence-corrected chi connectivity index (χ4v) is 1.43. The number of ether oxygens (including phenoxy) is 2. The first-order chi connectivity index (χ1) is 8.99. The van der Waals surface area contributed by atoms with Gasteiger partial charge in [0.1, 0.15) is 11.8 Å². The lowest BCUT2D eigenvalue weighted by atomic mass is 10.0. The molecular weight excluding hydrogens is 248 g/mol. The molecule has 19 heavy (non-hydrogen) atoms. The predicted octanol–water partition coefficient (Wildman–Crippen LogP) is 1.74. The van der Waals surface area contributed by atoms with E-state index in [-0.39, 0.29) is 12.3 Å². The highest BCUT2D eigenvalue weighted by molar-refractivity contribution is 5.87. The Bertz CT molecular complexity index is 480. The van der Waals surface area contributed by atoms with Gasteiger partial charge in [-0.15, -0.1) is 0 Å². The van der Waals surface area contributed by atoms with Gasteiger partial charge in [0.15, 0.2) is 0 Å². The molecule has 0 aromatic heterocycles. The van der Waals surface area contributed by atoms with Crippen LogP contribution in [-0.2, 0) is 9.53 Å². The third-order valence-electron chi connectivity index (χ3n) is 2.63. The van der Waals surface area contributed by atoms with Crippen LogP contribution in [0.3, 0.4) is 0 Å². The summed E-state index contributed by atoms with van der Waals surface area (Å²) in [5.74, 6) is -0.206. The number of carbonyl (C=O) groups excluding carboxylic acids is 1. The maximum absolute atomic E-state index is 11.8. The summed E-state index contributed by atoms with van der Waals surface area (Å²) in [6, 6.07) is 8.06. The van der Waals surface area contributed by atoms with E-state index in [9.17, 15) is 10.0 Å². The van der Waals surface area contributed by atoms with E-state index in [4.69, 9.17) is 14.7 Å². The Morgan fingerprint density at radius 3 is 2.47 bits per heavy atom. The van der Waals surface area contributed by atoms with E-state index in [0.717, 1.165) is 0 Å². The van der Waals surface area contributed by atoms with Gasteiger partial charge in [-0.25, -0.2) is 9.86 Å². The Balaban J connectivity index is 3.03. The third kappa shape index (κ3) is 2.95. The Morgan fingerprint density at radius 1 is 1.47 bits per heavy atom. The van der Waals surface area contributed by atoms with Crippen molar-refractivity contribution in [2.45, 2.75) is 19.4 Å². The molecule has 0 fully saturated rings. The number of esters is 1. The summed E-state index contributed by atoms with van der Waals surface area (Å²) in [6.45, 7) is 3.05. The fourth-order valence-electron chi connectivity index (χ4n) is 1.43. The van der Waals surface area contributed by atoms with Gasteiger partial charge in [0.05, 0.1) is 19.4 Å². The number of hydroxylamine groups is 1. The number of hydrogen-bond donors (Lipinski definition) is 1. The first-order valence-corrected chi connectivity index (χ1v) is 5.71. The minimum absolute atomic E-state index is 0.132. The van der Waals surface area contributed by atoms with Gasteiger partial charge >= 0.3 is 5.97 Å². The molecule has 1 atom stereocenters. The average Bonchev–Trinajstić information content (AvgIpc) is 2.46. The minimum Gasteiger partial charge on any atom is -0.497 e. The van der Waals surface area contributed by atoms with Crippen LogP contribution in [0.5, 0.6) is 5.75 Å². The lowest BCUT2D eigenvalue weighted by Crippen LogP contribution is -2.51. The summed E-state index contributed by atoms with van der Waals surface area (Å²) in [5, 5.41) is 19.8. The Morgan fingerprint density at radius 2 is 2.05 bits per heavy atom. The molecule has 1 aromatic carbocycles. The van der Waals surface area contributed by atoms with Gasteiger partial charge in [-0.2, -0.15) is 5.26 Å². The average molecular weight is 264 g/mol. The van der Waals surface area contributed by atoms with Crippen LogP contribution in [0.15, 0.2) is 24.3 Å². The van der Waals surface area contributed by atoms with Gasteiger partial charge in [-0.3, -0.25) is 5.21 Å². The summed E-state index contributed by atoms with van der Waals surface area (Å²) in [7, 11) is 1.52. The number of benzene rings is 1. The highest BCUT2D eigenvalue weighted by Gasteiger charge is 2.41. The second-order valence-electron chi connectivity index (χ2n) is 3.91. The Kier molecular flexibility index (Phi) is 4.73. The van der Waals surface area contributed by atoms with Crippen molar-refractivity contribution in [3.63, 3.8) is 0 Å². The Labute approximate surface area is 111 Å². The molecule has 0 amide bonds. The zero-order valence-corrected chi connectivity index (χ0v) is 11.1. The molecule has 0 radical (unpaired) electrons. The van der Waals surface area contributed by atoms with Crippen LogP contribution in [0.1, 0.15) is 13.8 Å². The maximum Gasteiger partial charge on any atom is 0.349 e. The van der Waals surface area contributed by atoms with Crippen LogP contribution in [0, 0.1) is 11.3 Å². The van der Waals surface area contributed by atoms with Crippen LogP contribution in [-0.4, -0.2) is 30.4 Å². The zero-order valence-electron chi connectivity index (χ0n) is 11.1. The Hall–Kier alpha value is -2.26. The lowest BCUT2D eigenvalue weighted by molar-refractivity contribution is -0.148. The van der Waals surface area contributed by atoms with Crippen molar-refractivity contribution in [1.29, 1.82) is 5.26 Å². The molecule has 0 spiro atoms. The van der Waals surface area contributed by atoms with E-state index in [1.54, 1.807) is 25.1 Å².